The summed E-state index contributed by atoms with van der Waals surface area (Å²) in [4.78, 5) is 30.2. The quantitative estimate of drug-likeness (QED) is 0.413. The summed E-state index contributed by atoms with van der Waals surface area (Å²) in [6.45, 7) is 4.75. The highest BCUT2D eigenvalue weighted by Gasteiger charge is 2.15. The van der Waals surface area contributed by atoms with E-state index in [1.54, 1.807) is 17.2 Å². The van der Waals surface area contributed by atoms with Crippen molar-refractivity contribution in [2.24, 2.45) is 7.05 Å². The lowest BCUT2D eigenvalue weighted by atomic mass is 9.97. The molecule has 1 aromatic carbocycles. The van der Waals surface area contributed by atoms with Crippen LogP contribution in [0.1, 0.15) is 24.1 Å². The lowest BCUT2D eigenvalue weighted by molar-refractivity contribution is 0.782. The second-order valence-electron chi connectivity index (χ2n) is 8.02. The number of aryl methyl sites for hydroxylation is 2. The summed E-state index contributed by atoms with van der Waals surface area (Å²) in [5, 5.41) is 7.76. The molecule has 168 valence electrons. The number of fused-ring (bicyclic) bond motifs is 3. The van der Waals surface area contributed by atoms with Crippen LogP contribution in [-0.2, 0) is 7.05 Å². The van der Waals surface area contributed by atoms with Gasteiger partial charge in [-0.05, 0) is 24.6 Å². The molecule has 0 radical (unpaired) electrons. The molecule has 33 heavy (non-hydrogen) atoms. The van der Waals surface area contributed by atoms with Crippen LogP contribution in [0.4, 0.5) is 5.82 Å². The monoisotopic (exact) mass is 459 g/mol. The summed E-state index contributed by atoms with van der Waals surface area (Å²) in [6.07, 6.45) is 5.13. The molecular weight excluding hydrogens is 434 g/mol. The number of rotatable bonds is 5. The highest BCUT2D eigenvalue weighted by Crippen LogP contribution is 2.28. The predicted molar refractivity (Wildman–Crippen MR) is 136 cm³/mol. The van der Waals surface area contributed by atoms with E-state index >= 15 is 0 Å². The first-order chi connectivity index (χ1) is 15.5. The Morgan fingerprint density at radius 2 is 1.94 bits per heavy atom. The van der Waals surface area contributed by atoms with Crippen LogP contribution >= 0.6 is 13.5 Å². The Labute approximate surface area is 197 Å². The topological polar surface area (TPSA) is 101 Å². The minimum atomic E-state index is -0.100. The van der Waals surface area contributed by atoms with Gasteiger partial charge in [-0.3, -0.25) is 24.5 Å². The molecule has 0 saturated heterocycles. The van der Waals surface area contributed by atoms with Crippen LogP contribution in [0.2, 0.25) is 0 Å². The van der Waals surface area contributed by atoms with E-state index in [1.807, 2.05) is 50.5 Å². The molecule has 0 aliphatic rings. The normalized spacial score (nSPS) is 12.0. The highest BCUT2D eigenvalue weighted by atomic mass is 32.1. The molecule has 0 aliphatic heterocycles. The molecule has 5 aromatic rings. The number of para-hydroxylation sites is 1. The number of benzene rings is 1. The van der Waals surface area contributed by atoms with Gasteiger partial charge in [-0.25, -0.2) is 9.97 Å². The van der Waals surface area contributed by atoms with Crippen LogP contribution in [0.15, 0.2) is 59.9 Å². The average molecular weight is 460 g/mol. The summed E-state index contributed by atoms with van der Waals surface area (Å²) in [5.41, 5.74) is 5.36. The number of nitrogens with zero attached hydrogens (tertiary/aromatic N) is 5. The van der Waals surface area contributed by atoms with Gasteiger partial charge in [0.1, 0.15) is 12.1 Å². The van der Waals surface area contributed by atoms with E-state index in [0.29, 0.717) is 11.9 Å². The minimum absolute atomic E-state index is 0. The smallest absolute Gasteiger partial charge is 0.272 e. The number of aromatic nitrogens is 6. The maximum absolute atomic E-state index is 12.4. The van der Waals surface area contributed by atoms with Crippen LogP contribution < -0.4 is 10.9 Å². The average Bonchev–Trinajstić information content (AvgIpc) is 3.11. The molecular formula is C24H25N7OS. The number of hydrogen-bond acceptors (Lipinski definition) is 6. The van der Waals surface area contributed by atoms with Gasteiger partial charge >= 0.3 is 0 Å². The number of hydrogen-bond donors (Lipinski definition) is 2. The van der Waals surface area contributed by atoms with E-state index in [-0.39, 0.29) is 25.0 Å². The van der Waals surface area contributed by atoms with Crippen molar-refractivity contribution >= 4 is 41.1 Å². The van der Waals surface area contributed by atoms with Crippen LogP contribution in [0.5, 0.6) is 0 Å². The molecule has 4 heterocycles. The van der Waals surface area contributed by atoms with Crippen molar-refractivity contribution in [1.82, 2.24) is 29.7 Å². The van der Waals surface area contributed by atoms with Gasteiger partial charge < -0.3 is 5.32 Å². The van der Waals surface area contributed by atoms with E-state index in [4.69, 9.17) is 0 Å². The zero-order chi connectivity index (χ0) is 22.2. The second kappa shape index (κ2) is 9.03. The van der Waals surface area contributed by atoms with Gasteiger partial charge in [0.25, 0.3) is 5.56 Å². The molecule has 8 nitrogen and oxygen atoms in total. The Morgan fingerprint density at radius 1 is 1.09 bits per heavy atom. The highest BCUT2D eigenvalue weighted by molar-refractivity contribution is 7.59. The fraction of sp³-hybridized carbons (Fsp3) is 0.208. The fourth-order valence-electron chi connectivity index (χ4n) is 3.99. The molecule has 0 unspecified atom stereocenters. The Balaban J connectivity index is 0.00000259. The lowest BCUT2D eigenvalue weighted by Gasteiger charge is -2.16. The Bertz CT molecular complexity index is 1490. The second-order valence-corrected chi connectivity index (χ2v) is 8.02. The van der Waals surface area contributed by atoms with Crippen LogP contribution in [0.25, 0.3) is 33.1 Å². The third-order valence-electron chi connectivity index (χ3n) is 5.76. The van der Waals surface area contributed by atoms with Crippen molar-refractivity contribution in [2.75, 3.05) is 11.9 Å². The van der Waals surface area contributed by atoms with Crippen LogP contribution in [-0.4, -0.2) is 36.3 Å². The molecule has 1 atom stereocenters. The van der Waals surface area contributed by atoms with E-state index < -0.39 is 0 Å². The Morgan fingerprint density at radius 3 is 2.73 bits per heavy atom. The number of pyridine rings is 2. The van der Waals surface area contributed by atoms with Crippen molar-refractivity contribution in [3.05, 3.63) is 76.7 Å². The first-order valence-electron chi connectivity index (χ1n) is 10.5. The van der Waals surface area contributed by atoms with Crippen LogP contribution in [0.3, 0.4) is 0 Å². The molecule has 9 heteroatoms. The van der Waals surface area contributed by atoms with Crippen molar-refractivity contribution < 1.29 is 0 Å². The Hall–Kier alpha value is -3.72. The minimum Gasteiger partial charge on any atom is -0.369 e. The van der Waals surface area contributed by atoms with Gasteiger partial charge in [-0.2, -0.15) is 13.5 Å². The van der Waals surface area contributed by atoms with Crippen molar-refractivity contribution in [1.29, 1.82) is 0 Å². The zero-order valence-corrected chi connectivity index (χ0v) is 19.6. The molecule has 2 N–H and O–H groups in total. The van der Waals surface area contributed by atoms with Gasteiger partial charge in [-0.1, -0.05) is 25.1 Å². The summed E-state index contributed by atoms with van der Waals surface area (Å²) in [6, 6.07) is 11.9. The largest absolute Gasteiger partial charge is 0.369 e. The molecule has 0 bridgehead atoms. The predicted octanol–water partition coefficient (Wildman–Crippen LogP) is 3.90. The molecule has 5 rings (SSSR count). The van der Waals surface area contributed by atoms with E-state index in [0.717, 1.165) is 44.8 Å². The Kier molecular flexibility index (Phi) is 6.15. The molecule has 0 spiro atoms. The molecule has 0 aliphatic carbocycles. The fourth-order valence-corrected chi connectivity index (χ4v) is 3.99. The number of nitrogens with one attached hydrogen (secondary N) is 2. The maximum Gasteiger partial charge on any atom is 0.272 e. The first kappa shape index (κ1) is 22.5. The van der Waals surface area contributed by atoms with E-state index in [1.165, 1.54) is 0 Å². The standard InChI is InChI=1S/C24H23N7O.H2S/c1-14(10-26-21-9-19(28-13-29-21)16-8-7-15(2)25-11-16)17-5-4-6-18-22-20(12-27-23(17)18)31(3)30-24(22)32;/h4-9,11-14H,10H2,1-3H3,(H,30,32)(H,26,28,29);1H2/t14-;/m1./s1. The molecule has 4 aromatic heterocycles. The molecule has 0 amide bonds. The third kappa shape index (κ3) is 4.19. The van der Waals surface area contributed by atoms with Gasteiger partial charge in [-0.15, -0.1) is 0 Å². The third-order valence-corrected chi connectivity index (χ3v) is 5.76. The van der Waals surface area contributed by atoms with E-state index in [2.05, 4.69) is 43.3 Å². The van der Waals surface area contributed by atoms with Gasteiger partial charge in [0.2, 0.25) is 0 Å². The zero-order valence-electron chi connectivity index (χ0n) is 18.6. The number of anilines is 1. The van der Waals surface area contributed by atoms with Gasteiger partial charge in [0.15, 0.2) is 0 Å². The van der Waals surface area contributed by atoms with Crippen molar-refractivity contribution in [3.8, 4) is 11.3 Å². The molecule has 0 fully saturated rings. The summed E-state index contributed by atoms with van der Waals surface area (Å²) in [7, 11) is 1.82. The maximum atomic E-state index is 12.4. The summed E-state index contributed by atoms with van der Waals surface area (Å²) in [5.74, 6) is 0.892. The summed E-state index contributed by atoms with van der Waals surface area (Å²) < 4.78 is 1.71. The number of aromatic amines is 1. The van der Waals surface area contributed by atoms with Gasteiger partial charge in [0, 0.05) is 48.4 Å². The van der Waals surface area contributed by atoms with E-state index in [9.17, 15) is 4.79 Å². The van der Waals surface area contributed by atoms with Crippen molar-refractivity contribution in [3.63, 3.8) is 0 Å². The molecule has 0 saturated carbocycles. The van der Waals surface area contributed by atoms with Crippen LogP contribution in [0, 0.1) is 6.92 Å². The SMILES string of the molecule is Cc1ccc(-c2cc(NC[C@@H](C)c3cccc4c3ncc3c4c(=O)[nH]n3C)ncn2)cn1.S. The lowest BCUT2D eigenvalue weighted by Crippen LogP contribution is -2.12. The van der Waals surface area contributed by atoms with Gasteiger partial charge in [0.05, 0.1) is 28.3 Å². The summed E-state index contributed by atoms with van der Waals surface area (Å²) >= 11 is 0. The first-order valence-corrected chi connectivity index (χ1v) is 10.5. The van der Waals surface area contributed by atoms with Crippen molar-refractivity contribution in [2.45, 2.75) is 19.8 Å². The number of H-pyrrole nitrogens is 1.